The highest BCUT2D eigenvalue weighted by atomic mass is 79.9. The molecule has 0 heterocycles. The summed E-state index contributed by atoms with van der Waals surface area (Å²) in [5, 5.41) is 3.08. The van der Waals surface area contributed by atoms with Gasteiger partial charge in [0, 0.05) is 12.1 Å². The van der Waals surface area contributed by atoms with Gasteiger partial charge in [0.15, 0.2) is 5.82 Å². The zero-order chi connectivity index (χ0) is 13.5. The maximum atomic E-state index is 14.0. The van der Waals surface area contributed by atoms with Crippen LogP contribution in [-0.4, -0.2) is 23.5 Å². The summed E-state index contributed by atoms with van der Waals surface area (Å²) >= 11 is 9.85. The lowest BCUT2D eigenvalue weighted by molar-refractivity contribution is 0.622. The van der Waals surface area contributed by atoms with Gasteiger partial charge in [-0.1, -0.05) is 12.2 Å². The van der Waals surface area contributed by atoms with Gasteiger partial charge in [-0.2, -0.15) is 11.8 Å². The highest BCUT2D eigenvalue weighted by Gasteiger charge is 2.12. The van der Waals surface area contributed by atoms with Gasteiger partial charge in [0.2, 0.25) is 0 Å². The predicted octanol–water partition coefficient (Wildman–Crippen LogP) is 3.78. The Morgan fingerprint density at radius 1 is 1.50 bits per heavy atom. The largest absolute Gasteiger partial charge is 0.389 e. The SMILES string of the molecule is CSCCCCNc1ccc(C(N)=S)c(Br)c1F. The third-order valence-electron chi connectivity index (χ3n) is 2.44. The van der Waals surface area contributed by atoms with E-state index in [9.17, 15) is 4.39 Å². The topological polar surface area (TPSA) is 38.0 Å². The van der Waals surface area contributed by atoms with Crippen LogP contribution in [0, 0.1) is 5.82 Å². The molecule has 2 nitrogen and oxygen atoms in total. The summed E-state index contributed by atoms with van der Waals surface area (Å²) in [6.45, 7) is 0.760. The third kappa shape index (κ3) is 4.40. The van der Waals surface area contributed by atoms with E-state index in [0.717, 1.165) is 25.1 Å². The fourth-order valence-electron chi connectivity index (χ4n) is 1.47. The van der Waals surface area contributed by atoms with Crippen LogP contribution in [0.2, 0.25) is 0 Å². The molecule has 0 amide bonds. The minimum Gasteiger partial charge on any atom is -0.389 e. The zero-order valence-corrected chi connectivity index (χ0v) is 13.4. The van der Waals surface area contributed by atoms with Crippen LogP contribution in [0.5, 0.6) is 0 Å². The molecule has 1 rings (SSSR count). The number of benzene rings is 1. The quantitative estimate of drug-likeness (QED) is 0.579. The molecule has 0 aliphatic rings. The minimum absolute atomic E-state index is 0.187. The summed E-state index contributed by atoms with van der Waals surface area (Å²) in [7, 11) is 0. The molecule has 0 aliphatic carbocycles. The number of hydrogen-bond donors (Lipinski definition) is 2. The molecule has 1 aromatic carbocycles. The molecule has 0 radical (unpaired) electrons. The molecular weight excluding hydrogens is 335 g/mol. The van der Waals surface area contributed by atoms with Crippen molar-refractivity contribution < 1.29 is 4.39 Å². The number of halogens is 2. The first-order valence-corrected chi connectivity index (χ1v) is 8.18. The second-order valence-electron chi connectivity index (χ2n) is 3.78. The van der Waals surface area contributed by atoms with Crippen LogP contribution in [0.3, 0.4) is 0 Å². The summed E-state index contributed by atoms with van der Waals surface area (Å²) in [5.74, 6) is 0.791. The Hall–Kier alpha value is -0.330. The second-order valence-corrected chi connectivity index (χ2v) is 6.00. The maximum absolute atomic E-state index is 14.0. The maximum Gasteiger partial charge on any atom is 0.161 e. The van der Waals surface area contributed by atoms with Crippen molar-refractivity contribution in [1.29, 1.82) is 0 Å². The molecule has 0 bridgehead atoms. The number of hydrogen-bond acceptors (Lipinski definition) is 3. The second kappa shape index (κ2) is 7.96. The van der Waals surface area contributed by atoms with Crippen molar-refractivity contribution in [2.75, 3.05) is 23.9 Å². The summed E-state index contributed by atoms with van der Waals surface area (Å²) in [4.78, 5) is 0.187. The van der Waals surface area contributed by atoms with E-state index in [0.29, 0.717) is 15.7 Å². The van der Waals surface area contributed by atoms with Gasteiger partial charge in [-0.3, -0.25) is 0 Å². The molecular formula is C12H16BrFN2S2. The number of thiocarbonyl (C=S) groups is 1. The smallest absolute Gasteiger partial charge is 0.161 e. The fourth-order valence-corrected chi connectivity index (χ4v) is 2.82. The van der Waals surface area contributed by atoms with Gasteiger partial charge in [-0.05, 0) is 52.9 Å². The van der Waals surface area contributed by atoms with Gasteiger partial charge in [-0.25, -0.2) is 4.39 Å². The molecule has 1 aromatic rings. The van der Waals surface area contributed by atoms with Gasteiger partial charge in [0.25, 0.3) is 0 Å². The Morgan fingerprint density at radius 2 is 2.22 bits per heavy atom. The summed E-state index contributed by atoms with van der Waals surface area (Å²) in [5.41, 5.74) is 6.50. The van der Waals surface area contributed by atoms with Gasteiger partial charge >= 0.3 is 0 Å². The van der Waals surface area contributed by atoms with Crippen LogP contribution < -0.4 is 11.1 Å². The highest BCUT2D eigenvalue weighted by molar-refractivity contribution is 9.10. The fraction of sp³-hybridized carbons (Fsp3) is 0.417. The summed E-state index contributed by atoms with van der Waals surface area (Å²) in [6.07, 6.45) is 4.23. The first-order valence-electron chi connectivity index (χ1n) is 5.58. The van der Waals surface area contributed by atoms with E-state index >= 15 is 0 Å². The highest BCUT2D eigenvalue weighted by Crippen LogP contribution is 2.27. The van der Waals surface area contributed by atoms with Crippen molar-refractivity contribution in [1.82, 2.24) is 0 Å². The molecule has 0 aromatic heterocycles. The van der Waals surface area contributed by atoms with Crippen molar-refractivity contribution in [3.63, 3.8) is 0 Å². The number of rotatable bonds is 7. The predicted molar refractivity (Wildman–Crippen MR) is 86.1 cm³/mol. The third-order valence-corrected chi connectivity index (χ3v) is 4.13. The molecule has 6 heteroatoms. The van der Waals surface area contributed by atoms with Crippen LogP contribution in [-0.2, 0) is 0 Å². The van der Waals surface area contributed by atoms with Crippen LogP contribution in [0.4, 0.5) is 10.1 Å². The van der Waals surface area contributed by atoms with Gasteiger partial charge in [-0.15, -0.1) is 0 Å². The Bertz CT molecular complexity index is 427. The lowest BCUT2D eigenvalue weighted by Gasteiger charge is -2.11. The van der Waals surface area contributed by atoms with E-state index in [2.05, 4.69) is 27.5 Å². The normalized spacial score (nSPS) is 10.4. The average Bonchev–Trinajstić information content (AvgIpc) is 2.33. The van der Waals surface area contributed by atoms with Crippen molar-refractivity contribution in [3.05, 3.63) is 28.0 Å². The summed E-state index contributed by atoms with van der Waals surface area (Å²) in [6, 6.07) is 3.39. The number of anilines is 1. The number of unbranched alkanes of at least 4 members (excludes halogenated alkanes) is 1. The van der Waals surface area contributed by atoms with Crippen molar-refractivity contribution >= 4 is 50.6 Å². The van der Waals surface area contributed by atoms with Gasteiger partial charge < -0.3 is 11.1 Å². The minimum atomic E-state index is -0.342. The molecule has 100 valence electrons. The first kappa shape index (κ1) is 15.7. The van der Waals surface area contributed by atoms with Crippen molar-refractivity contribution in [2.24, 2.45) is 5.73 Å². The average molecular weight is 351 g/mol. The van der Waals surface area contributed by atoms with Gasteiger partial charge in [0.1, 0.15) is 4.99 Å². The first-order chi connectivity index (χ1) is 8.57. The zero-order valence-electron chi connectivity index (χ0n) is 10.1. The molecule has 18 heavy (non-hydrogen) atoms. The lowest BCUT2D eigenvalue weighted by atomic mass is 10.2. The number of nitrogens with one attached hydrogen (secondary N) is 1. The van der Waals surface area contributed by atoms with Gasteiger partial charge in [0.05, 0.1) is 10.2 Å². The van der Waals surface area contributed by atoms with Crippen molar-refractivity contribution in [2.45, 2.75) is 12.8 Å². The van der Waals surface area contributed by atoms with Crippen LogP contribution in [0.1, 0.15) is 18.4 Å². The molecule has 0 saturated carbocycles. The Balaban J connectivity index is 2.62. The molecule has 0 saturated heterocycles. The monoisotopic (exact) mass is 350 g/mol. The van der Waals surface area contributed by atoms with E-state index in [4.69, 9.17) is 18.0 Å². The van der Waals surface area contributed by atoms with E-state index in [-0.39, 0.29) is 10.8 Å². The molecule has 0 fully saturated rings. The Morgan fingerprint density at radius 3 is 2.83 bits per heavy atom. The van der Waals surface area contributed by atoms with E-state index < -0.39 is 0 Å². The standard InChI is InChI=1S/C12H16BrFN2S2/c1-18-7-3-2-6-16-9-5-4-8(12(15)17)10(13)11(9)14/h4-5,16H,2-3,6-7H2,1H3,(H2,15,17). The molecule has 0 unspecified atom stereocenters. The number of nitrogens with two attached hydrogens (primary N) is 1. The van der Waals surface area contributed by atoms with E-state index in [1.54, 1.807) is 12.1 Å². The molecule has 0 aliphatic heterocycles. The van der Waals surface area contributed by atoms with Crippen LogP contribution in [0.25, 0.3) is 0 Å². The van der Waals surface area contributed by atoms with E-state index in [1.807, 2.05) is 11.8 Å². The number of thioether (sulfide) groups is 1. The van der Waals surface area contributed by atoms with Crippen LogP contribution >= 0.6 is 39.9 Å². The van der Waals surface area contributed by atoms with Crippen LogP contribution in [0.15, 0.2) is 16.6 Å². The molecule has 0 spiro atoms. The van der Waals surface area contributed by atoms with Crippen molar-refractivity contribution in [3.8, 4) is 0 Å². The Labute approximate surface area is 125 Å². The lowest BCUT2D eigenvalue weighted by Crippen LogP contribution is -2.12. The summed E-state index contributed by atoms with van der Waals surface area (Å²) < 4.78 is 14.3. The molecule has 3 N–H and O–H groups in total. The Kier molecular flexibility index (Phi) is 6.96. The van der Waals surface area contributed by atoms with E-state index in [1.165, 1.54) is 0 Å². The molecule has 0 atom stereocenters.